The molecule has 0 atom stereocenters. The average Bonchev–Trinajstić information content (AvgIpc) is 3.31. The predicted molar refractivity (Wildman–Crippen MR) is 107 cm³/mol. The van der Waals surface area contributed by atoms with Gasteiger partial charge in [-0.3, -0.25) is 4.68 Å². The number of nitriles is 1. The van der Waals surface area contributed by atoms with Crippen LogP contribution < -0.4 is 0 Å². The maximum atomic E-state index is 14.4. The highest BCUT2D eigenvalue weighted by molar-refractivity contribution is 7.97. The summed E-state index contributed by atoms with van der Waals surface area (Å²) in [5, 5.41) is 14.4. The molecule has 6 nitrogen and oxygen atoms in total. The number of rotatable bonds is 5. The van der Waals surface area contributed by atoms with Gasteiger partial charge in [0.25, 0.3) is 0 Å². The summed E-state index contributed by atoms with van der Waals surface area (Å²) >= 11 is 1.76. The summed E-state index contributed by atoms with van der Waals surface area (Å²) < 4.78 is 18.5. The van der Waals surface area contributed by atoms with Crippen molar-refractivity contribution < 1.29 is 4.39 Å². The zero-order valence-corrected chi connectivity index (χ0v) is 16.6. The van der Waals surface area contributed by atoms with Crippen LogP contribution in [0.15, 0.2) is 30.9 Å². The van der Waals surface area contributed by atoms with E-state index in [0.717, 1.165) is 24.2 Å². The highest BCUT2D eigenvalue weighted by atomic mass is 32.2. The summed E-state index contributed by atoms with van der Waals surface area (Å²) in [6.45, 7) is 7.63. The fourth-order valence-electron chi connectivity index (χ4n) is 3.36. The molecule has 0 radical (unpaired) electrons. The summed E-state index contributed by atoms with van der Waals surface area (Å²) in [6.07, 6.45) is 6.86. The van der Waals surface area contributed by atoms with Crippen molar-refractivity contribution >= 4 is 23.0 Å². The van der Waals surface area contributed by atoms with Crippen LogP contribution in [0.4, 0.5) is 4.39 Å². The molecule has 0 saturated carbocycles. The number of aromatic amines is 1. The summed E-state index contributed by atoms with van der Waals surface area (Å²) in [6, 6.07) is 4.08. The Morgan fingerprint density at radius 2 is 2.15 bits per heavy atom. The average molecular weight is 387 g/mol. The number of pyridine rings is 1. The second-order valence-electron chi connectivity index (χ2n) is 6.17. The van der Waals surface area contributed by atoms with Crippen LogP contribution in [0.1, 0.15) is 27.2 Å². The standard InChI is InChI=1S/C17H17FN6S.C2H6/c1-2-25-23-10-17(11-23,4-5-19)24-9-12(7-22-24)15-13-3-6-20-16(13)21-8-14(15)18;1-2/h3,6-9H,2,4,10-11H2,1H3,(H,20,21);1-2H3. The van der Waals surface area contributed by atoms with Gasteiger partial charge in [-0.15, -0.1) is 0 Å². The molecule has 3 aromatic rings. The van der Waals surface area contributed by atoms with Gasteiger partial charge in [-0.25, -0.2) is 13.7 Å². The molecule has 142 valence electrons. The molecule has 1 aliphatic heterocycles. The summed E-state index contributed by atoms with van der Waals surface area (Å²) in [4.78, 5) is 7.06. The molecule has 4 rings (SSSR count). The Bertz CT molecular complexity index is 951. The molecule has 0 bridgehead atoms. The molecule has 0 spiro atoms. The van der Waals surface area contributed by atoms with Crippen molar-refractivity contribution in [2.45, 2.75) is 32.7 Å². The monoisotopic (exact) mass is 386 g/mol. The Balaban J connectivity index is 0.00000102. The van der Waals surface area contributed by atoms with E-state index in [1.807, 2.05) is 30.8 Å². The van der Waals surface area contributed by atoms with Crippen LogP contribution in [0.25, 0.3) is 22.2 Å². The normalized spacial score (nSPS) is 15.7. The van der Waals surface area contributed by atoms with Crippen molar-refractivity contribution in [3.63, 3.8) is 0 Å². The maximum absolute atomic E-state index is 14.4. The van der Waals surface area contributed by atoms with Crippen LogP contribution in [0.5, 0.6) is 0 Å². The molecule has 0 aliphatic carbocycles. The quantitative estimate of drug-likeness (QED) is 0.666. The van der Waals surface area contributed by atoms with E-state index in [1.54, 1.807) is 24.3 Å². The molecular weight excluding hydrogens is 363 g/mol. The lowest BCUT2D eigenvalue weighted by Gasteiger charge is -2.48. The Hall–Kier alpha value is -2.37. The number of hydrogen-bond acceptors (Lipinski definition) is 5. The summed E-state index contributed by atoms with van der Waals surface area (Å²) in [5.41, 5.74) is 1.49. The lowest BCUT2D eigenvalue weighted by molar-refractivity contribution is 0.0812. The molecule has 0 unspecified atom stereocenters. The van der Waals surface area contributed by atoms with Gasteiger partial charge in [-0.2, -0.15) is 10.4 Å². The highest BCUT2D eigenvalue weighted by Gasteiger charge is 2.45. The number of nitrogens with one attached hydrogen (secondary N) is 1. The van der Waals surface area contributed by atoms with Crippen LogP contribution in [0, 0.1) is 17.1 Å². The van der Waals surface area contributed by atoms with Crippen molar-refractivity contribution in [1.29, 1.82) is 5.26 Å². The molecule has 1 saturated heterocycles. The Morgan fingerprint density at radius 1 is 1.37 bits per heavy atom. The number of hydrogen-bond donors (Lipinski definition) is 1. The summed E-state index contributed by atoms with van der Waals surface area (Å²) in [7, 11) is 0. The molecule has 0 aromatic carbocycles. The van der Waals surface area contributed by atoms with Crippen molar-refractivity contribution in [2.24, 2.45) is 0 Å². The van der Waals surface area contributed by atoms with Crippen molar-refractivity contribution in [1.82, 2.24) is 24.1 Å². The van der Waals surface area contributed by atoms with Crippen LogP contribution in [0.2, 0.25) is 0 Å². The van der Waals surface area contributed by atoms with Crippen LogP contribution in [0.3, 0.4) is 0 Å². The second-order valence-corrected chi connectivity index (χ2v) is 7.52. The van der Waals surface area contributed by atoms with Crippen molar-refractivity contribution in [2.75, 3.05) is 18.8 Å². The maximum Gasteiger partial charge on any atom is 0.150 e. The topological polar surface area (TPSA) is 73.5 Å². The van der Waals surface area contributed by atoms with Gasteiger partial charge in [0, 0.05) is 47.7 Å². The van der Waals surface area contributed by atoms with Gasteiger partial charge in [0.2, 0.25) is 0 Å². The van der Waals surface area contributed by atoms with Crippen LogP contribution in [-0.2, 0) is 5.54 Å². The number of nitrogens with zero attached hydrogens (tertiary/aromatic N) is 5. The Labute approximate surface area is 162 Å². The minimum atomic E-state index is -0.377. The number of aromatic nitrogens is 4. The van der Waals surface area contributed by atoms with Gasteiger partial charge < -0.3 is 4.98 Å². The molecule has 27 heavy (non-hydrogen) atoms. The molecule has 1 aliphatic rings. The smallest absolute Gasteiger partial charge is 0.150 e. The SMILES string of the molecule is CC.CCSN1CC(CC#N)(n2cc(-c3c(F)cnc4[nH]ccc34)cn2)C1. The third-order valence-corrected chi connectivity index (χ3v) is 5.44. The lowest BCUT2D eigenvalue weighted by atomic mass is 9.89. The largest absolute Gasteiger partial charge is 0.346 e. The van der Waals surface area contributed by atoms with E-state index in [-0.39, 0.29) is 11.4 Å². The first-order valence-corrected chi connectivity index (χ1v) is 10.0. The minimum absolute atomic E-state index is 0.337. The first-order valence-electron chi connectivity index (χ1n) is 9.09. The fraction of sp³-hybridized carbons (Fsp3) is 0.421. The first kappa shape index (κ1) is 19.4. The molecule has 0 amide bonds. The zero-order valence-electron chi connectivity index (χ0n) is 15.7. The van der Waals surface area contributed by atoms with Crippen LogP contribution in [-0.4, -0.2) is 42.9 Å². The Morgan fingerprint density at radius 3 is 2.85 bits per heavy atom. The molecule has 3 aromatic heterocycles. The van der Waals surface area contributed by atoms with E-state index in [0.29, 0.717) is 23.2 Å². The third kappa shape index (κ3) is 3.45. The van der Waals surface area contributed by atoms with Crippen molar-refractivity contribution in [3.8, 4) is 17.2 Å². The fourth-order valence-corrected chi connectivity index (χ4v) is 4.39. The highest BCUT2D eigenvalue weighted by Crippen LogP contribution is 2.38. The van der Waals surface area contributed by atoms with Gasteiger partial charge in [-0.1, -0.05) is 32.7 Å². The third-order valence-electron chi connectivity index (χ3n) is 4.56. The van der Waals surface area contributed by atoms with Gasteiger partial charge >= 0.3 is 0 Å². The molecule has 1 N–H and O–H groups in total. The molecular formula is C19H23FN6S. The van der Waals surface area contributed by atoms with Gasteiger partial charge in [0.15, 0.2) is 0 Å². The minimum Gasteiger partial charge on any atom is -0.346 e. The van der Waals surface area contributed by atoms with E-state index in [9.17, 15) is 9.65 Å². The zero-order chi connectivity index (χ0) is 19.4. The van der Waals surface area contributed by atoms with E-state index < -0.39 is 0 Å². The molecule has 4 heterocycles. The van der Waals surface area contributed by atoms with Gasteiger partial charge in [-0.05, 0) is 6.07 Å². The van der Waals surface area contributed by atoms with E-state index in [2.05, 4.69) is 32.4 Å². The predicted octanol–water partition coefficient (Wildman–Crippen LogP) is 4.18. The molecule has 8 heteroatoms. The van der Waals surface area contributed by atoms with Crippen LogP contribution >= 0.6 is 11.9 Å². The van der Waals surface area contributed by atoms with E-state index in [4.69, 9.17) is 0 Å². The number of halogens is 1. The number of fused-ring (bicyclic) bond motifs is 1. The first-order chi connectivity index (χ1) is 13.2. The van der Waals surface area contributed by atoms with Gasteiger partial charge in [0.1, 0.15) is 17.0 Å². The Kier molecular flexibility index (Phi) is 5.82. The van der Waals surface area contributed by atoms with Gasteiger partial charge in [0.05, 0.1) is 24.9 Å². The summed E-state index contributed by atoms with van der Waals surface area (Å²) in [5.74, 6) is 0.624. The van der Waals surface area contributed by atoms with Crippen molar-refractivity contribution in [3.05, 3.63) is 36.7 Å². The second kappa shape index (κ2) is 8.11. The van der Waals surface area contributed by atoms with E-state index in [1.165, 1.54) is 6.20 Å². The number of H-pyrrole nitrogens is 1. The lowest BCUT2D eigenvalue weighted by Crippen LogP contribution is -2.60. The van der Waals surface area contributed by atoms with E-state index >= 15 is 0 Å². The molecule has 1 fully saturated rings.